The summed E-state index contributed by atoms with van der Waals surface area (Å²) in [5.74, 6) is -3.10. The second kappa shape index (κ2) is 6.51. The Hall–Kier alpha value is -1.89. The molecule has 1 rings (SSSR count). The van der Waals surface area contributed by atoms with Crippen molar-refractivity contribution >= 4 is 29.3 Å². The molecular weight excluding hydrogens is 294 g/mol. The summed E-state index contributed by atoms with van der Waals surface area (Å²) in [6.45, 7) is 1.59. The lowest BCUT2D eigenvalue weighted by Gasteiger charge is -2.24. The number of hydrogen-bond donors (Lipinski definition) is 2. The summed E-state index contributed by atoms with van der Waals surface area (Å²) in [5, 5.41) is 10.7. The number of urea groups is 1. The van der Waals surface area contributed by atoms with Gasteiger partial charge in [-0.25, -0.2) is 18.4 Å². The van der Waals surface area contributed by atoms with Crippen molar-refractivity contribution in [3.8, 4) is 0 Å². The predicted molar refractivity (Wildman–Crippen MR) is 69.9 cm³/mol. The van der Waals surface area contributed by atoms with Gasteiger partial charge in [0.1, 0.15) is 11.9 Å². The molecule has 20 heavy (non-hydrogen) atoms. The Balaban J connectivity index is 2.94. The van der Waals surface area contributed by atoms with Gasteiger partial charge in [-0.15, -0.1) is 0 Å². The number of carbonyl (C=O) groups excluding carboxylic acids is 1. The molecule has 0 radical (unpaired) electrons. The summed E-state index contributed by atoms with van der Waals surface area (Å²) in [7, 11) is 1.26. The third-order valence-electron chi connectivity index (χ3n) is 2.70. The molecule has 0 bridgehead atoms. The smallest absolute Gasteiger partial charge is 0.326 e. The third-order valence-corrected chi connectivity index (χ3v) is 3.00. The molecule has 110 valence electrons. The van der Waals surface area contributed by atoms with Crippen LogP contribution in [-0.2, 0) is 4.79 Å². The number of carboxylic acids is 1. The molecule has 0 aliphatic carbocycles. The summed E-state index contributed by atoms with van der Waals surface area (Å²) in [4.78, 5) is 23.7. The topological polar surface area (TPSA) is 69.6 Å². The second-order valence-corrected chi connectivity index (χ2v) is 4.45. The summed E-state index contributed by atoms with van der Waals surface area (Å²) in [6.07, 6.45) is 0.179. The van der Waals surface area contributed by atoms with Gasteiger partial charge < -0.3 is 15.3 Å². The number of carbonyl (C=O) groups is 2. The van der Waals surface area contributed by atoms with Gasteiger partial charge >= 0.3 is 12.0 Å². The van der Waals surface area contributed by atoms with Crippen molar-refractivity contribution in [3.05, 3.63) is 28.8 Å². The van der Waals surface area contributed by atoms with Gasteiger partial charge in [0.05, 0.1) is 10.7 Å². The fourth-order valence-corrected chi connectivity index (χ4v) is 1.85. The number of nitrogens with zero attached hydrogens (tertiary/aromatic N) is 1. The zero-order chi connectivity index (χ0) is 15.4. The third kappa shape index (κ3) is 3.57. The van der Waals surface area contributed by atoms with E-state index in [1.54, 1.807) is 6.92 Å². The first-order chi connectivity index (χ1) is 9.27. The first-order valence-corrected chi connectivity index (χ1v) is 6.06. The molecule has 1 aromatic rings. The van der Waals surface area contributed by atoms with E-state index in [0.717, 1.165) is 11.0 Å². The lowest BCUT2D eigenvalue weighted by molar-refractivity contribution is -0.141. The van der Waals surface area contributed by atoms with E-state index < -0.39 is 35.4 Å². The first-order valence-electron chi connectivity index (χ1n) is 5.69. The molecule has 0 saturated heterocycles. The van der Waals surface area contributed by atoms with E-state index in [1.165, 1.54) is 7.05 Å². The fraction of sp³-hybridized carbons (Fsp3) is 0.333. The minimum atomic E-state index is -1.18. The Kier molecular flexibility index (Phi) is 5.26. The largest absolute Gasteiger partial charge is 0.480 e. The number of aliphatic carboxylic acids is 1. The molecule has 5 nitrogen and oxygen atoms in total. The Bertz CT molecular complexity index is 516. The maximum atomic E-state index is 13.5. The van der Waals surface area contributed by atoms with Crippen LogP contribution in [0.2, 0.25) is 5.02 Å². The van der Waals surface area contributed by atoms with Crippen molar-refractivity contribution < 1.29 is 23.5 Å². The zero-order valence-electron chi connectivity index (χ0n) is 10.8. The molecule has 2 amide bonds. The molecular formula is C12H13ClF2N2O3. The highest BCUT2D eigenvalue weighted by molar-refractivity contribution is 6.33. The highest BCUT2D eigenvalue weighted by atomic mass is 35.5. The quantitative estimate of drug-likeness (QED) is 0.898. The van der Waals surface area contributed by atoms with Crippen LogP contribution in [0.3, 0.4) is 0 Å². The van der Waals surface area contributed by atoms with Crippen LogP contribution in [0.15, 0.2) is 12.1 Å². The number of carboxylic acid groups (broad SMARTS) is 1. The Morgan fingerprint density at radius 2 is 2.05 bits per heavy atom. The van der Waals surface area contributed by atoms with E-state index >= 15 is 0 Å². The Labute approximate surface area is 119 Å². The average molecular weight is 307 g/mol. The van der Waals surface area contributed by atoms with Crippen LogP contribution < -0.4 is 5.32 Å². The summed E-state index contributed by atoms with van der Waals surface area (Å²) in [6, 6.07) is -0.506. The van der Waals surface area contributed by atoms with E-state index in [9.17, 15) is 18.4 Å². The van der Waals surface area contributed by atoms with Crippen molar-refractivity contribution in [2.24, 2.45) is 0 Å². The van der Waals surface area contributed by atoms with Gasteiger partial charge in [0.25, 0.3) is 0 Å². The highest BCUT2D eigenvalue weighted by Crippen LogP contribution is 2.26. The number of halogens is 3. The van der Waals surface area contributed by atoms with Crippen molar-refractivity contribution in [1.29, 1.82) is 0 Å². The van der Waals surface area contributed by atoms with Crippen LogP contribution in [0.5, 0.6) is 0 Å². The van der Waals surface area contributed by atoms with E-state index in [1.807, 2.05) is 0 Å². The Morgan fingerprint density at radius 1 is 1.45 bits per heavy atom. The number of benzene rings is 1. The molecule has 0 saturated carbocycles. The minimum absolute atomic E-state index is 0.179. The number of amides is 2. The molecule has 8 heteroatoms. The summed E-state index contributed by atoms with van der Waals surface area (Å²) >= 11 is 5.63. The van der Waals surface area contributed by atoms with Crippen LogP contribution >= 0.6 is 11.6 Å². The summed E-state index contributed by atoms with van der Waals surface area (Å²) in [5.41, 5.74) is -0.398. The standard InChI is InChI=1S/C12H13ClF2N2O3/c1-3-9(11(18)19)17(2)12(20)16-10-7(13)4-6(14)5-8(10)15/h4-5,9H,3H2,1-2H3,(H,16,20)(H,18,19). The van der Waals surface area contributed by atoms with Crippen LogP contribution in [0.4, 0.5) is 19.3 Å². The van der Waals surface area contributed by atoms with Crippen molar-refractivity contribution in [2.75, 3.05) is 12.4 Å². The number of rotatable bonds is 4. The lowest BCUT2D eigenvalue weighted by Crippen LogP contribution is -2.44. The molecule has 1 unspecified atom stereocenters. The van der Waals surface area contributed by atoms with Crippen molar-refractivity contribution in [1.82, 2.24) is 4.90 Å². The van der Waals surface area contributed by atoms with Gasteiger partial charge in [-0.3, -0.25) is 0 Å². The van der Waals surface area contributed by atoms with Gasteiger partial charge in [0, 0.05) is 13.1 Å². The van der Waals surface area contributed by atoms with Crippen LogP contribution in [0.1, 0.15) is 13.3 Å². The lowest BCUT2D eigenvalue weighted by atomic mass is 10.2. The SMILES string of the molecule is CCC(C(=O)O)N(C)C(=O)Nc1c(F)cc(F)cc1Cl. The number of hydrogen-bond acceptors (Lipinski definition) is 2. The van der Waals surface area contributed by atoms with E-state index in [4.69, 9.17) is 16.7 Å². The number of likely N-dealkylation sites (N-methyl/N-ethyl adjacent to an activating group) is 1. The van der Waals surface area contributed by atoms with Gasteiger partial charge in [-0.1, -0.05) is 18.5 Å². The Morgan fingerprint density at radius 3 is 2.50 bits per heavy atom. The fourth-order valence-electron chi connectivity index (χ4n) is 1.61. The van der Waals surface area contributed by atoms with Crippen molar-refractivity contribution in [3.63, 3.8) is 0 Å². The molecule has 0 aliphatic rings. The van der Waals surface area contributed by atoms with Crippen LogP contribution in [0.25, 0.3) is 0 Å². The second-order valence-electron chi connectivity index (χ2n) is 4.05. The van der Waals surface area contributed by atoms with Gasteiger partial charge in [0.15, 0.2) is 5.82 Å². The minimum Gasteiger partial charge on any atom is -0.480 e. The molecule has 1 atom stereocenters. The average Bonchev–Trinajstić information content (AvgIpc) is 2.33. The van der Waals surface area contributed by atoms with Crippen LogP contribution in [0, 0.1) is 11.6 Å². The number of anilines is 1. The maximum absolute atomic E-state index is 13.5. The molecule has 0 aromatic heterocycles. The zero-order valence-corrected chi connectivity index (χ0v) is 11.5. The molecule has 2 N–H and O–H groups in total. The molecule has 0 aliphatic heterocycles. The highest BCUT2D eigenvalue weighted by Gasteiger charge is 2.25. The summed E-state index contributed by atoms with van der Waals surface area (Å²) < 4.78 is 26.4. The van der Waals surface area contributed by atoms with Crippen LogP contribution in [-0.4, -0.2) is 35.1 Å². The van der Waals surface area contributed by atoms with Gasteiger partial charge in [-0.2, -0.15) is 0 Å². The van der Waals surface area contributed by atoms with Crippen molar-refractivity contribution in [2.45, 2.75) is 19.4 Å². The normalized spacial score (nSPS) is 11.8. The molecule has 1 aromatic carbocycles. The van der Waals surface area contributed by atoms with E-state index in [-0.39, 0.29) is 11.4 Å². The monoisotopic (exact) mass is 306 g/mol. The molecule has 0 spiro atoms. The molecule has 0 fully saturated rings. The first kappa shape index (κ1) is 16.2. The predicted octanol–water partition coefficient (Wildman–Crippen LogP) is 2.95. The molecule has 0 heterocycles. The van der Waals surface area contributed by atoms with Gasteiger partial charge in [-0.05, 0) is 12.5 Å². The maximum Gasteiger partial charge on any atom is 0.326 e. The van der Waals surface area contributed by atoms with Gasteiger partial charge in [0.2, 0.25) is 0 Å². The van der Waals surface area contributed by atoms with E-state index in [0.29, 0.717) is 6.07 Å². The number of nitrogens with one attached hydrogen (secondary N) is 1. The van der Waals surface area contributed by atoms with E-state index in [2.05, 4.69) is 5.32 Å².